The number of rotatable bonds is 6. The molecule has 0 N–H and O–H groups in total. The molecule has 0 aliphatic heterocycles. The average Bonchev–Trinajstić information content (AvgIpc) is 2.78. The Morgan fingerprint density at radius 1 is 0.867 bits per heavy atom. The highest BCUT2D eigenvalue weighted by molar-refractivity contribution is 8.00. The Hall–Kier alpha value is -3.18. The van der Waals surface area contributed by atoms with Crippen molar-refractivity contribution < 1.29 is 4.79 Å². The number of hydrogen-bond acceptors (Lipinski definition) is 4. The van der Waals surface area contributed by atoms with Gasteiger partial charge in [0, 0.05) is 11.6 Å². The SMILES string of the molecule is CC(C)n1c(S[C@H](C(=O)c2ccccc2)c2ccccc2)nc2ccccc2c1=O. The number of carbonyl (C=O) groups is 1. The van der Waals surface area contributed by atoms with Crippen LogP contribution in [-0.2, 0) is 0 Å². The largest absolute Gasteiger partial charge is 0.293 e. The van der Waals surface area contributed by atoms with Crippen molar-refractivity contribution >= 4 is 28.4 Å². The molecule has 5 heteroatoms. The second kappa shape index (κ2) is 8.67. The first-order valence-corrected chi connectivity index (χ1v) is 10.8. The molecule has 4 aromatic rings. The lowest BCUT2D eigenvalue weighted by atomic mass is 10.0. The molecule has 0 saturated carbocycles. The van der Waals surface area contributed by atoms with Crippen molar-refractivity contribution in [2.24, 2.45) is 0 Å². The predicted molar refractivity (Wildman–Crippen MR) is 122 cm³/mol. The molecule has 150 valence electrons. The normalized spacial score (nSPS) is 12.2. The van der Waals surface area contributed by atoms with Crippen molar-refractivity contribution in [3.63, 3.8) is 0 Å². The van der Waals surface area contributed by atoms with Gasteiger partial charge in [-0.3, -0.25) is 14.2 Å². The van der Waals surface area contributed by atoms with E-state index in [2.05, 4.69) is 0 Å². The van der Waals surface area contributed by atoms with Crippen molar-refractivity contribution in [1.82, 2.24) is 9.55 Å². The Balaban J connectivity index is 1.86. The lowest BCUT2D eigenvalue weighted by Crippen LogP contribution is -2.25. The minimum Gasteiger partial charge on any atom is -0.293 e. The van der Waals surface area contributed by atoms with Gasteiger partial charge in [0.2, 0.25) is 0 Å². The highest BCUT2D eigenvalue weighted by Crippen LogP contribution is 2.37. The molecule has 0 aliphatic carbocycles. The number of aromatic nitrogens is 2. The fourth-order valence-corrected chi connectivity index (χ4v) is 4.73. The Bertz CT molecular complexity index is 1230. The average molecular weight is 415 g/mol. The minimum atomic E-state index is -0.508. The van der Waals surface area contributed by atoms with Crippen LogP contribution in [0, 0.1) is 0 Å². The van der Waals surface area contributed by atoms with Gasteiger partial charge in [0.05, 0.1) is 10.9 Å². The maximum absolute atomic E-state index is 13.4. The van der Waals surface area contributed by atoms with Crippen LogP contribution in [-0.4, -0.2) is 15.3 Å². The summed E-state index contributed by atoms with van der Waals surface area (Å²) in [5.74, 6) is -0.00971. The summed E-state index contributed by atoms with van der Waals surface area (Å²) < 4.78 is 1.68. The molecule has 30 heavy (non-hydrogen) atoms. The van der Waals surface area contributed by atoms with E-state index >= 15 is 0 Å². The summed E-state index contributed by atoms with van der Waals surface area (Å²) in [6.07, 6.45) is 0. The summed E-state index contributed by atoms with van der Waals surface area (Å²) in [6.45, 7) is 3.91. The van der Waals surface area contributed by atoms with E-state index in [9.17, 15) is 9.59 Å². The molecule has 0 bridgehead atoms. The Morgan fingerprint density at radius 3 is 2.13 bits per heavy atom. The quantitative estimate of drug-likeness (QED) is 0.231. The van der Waals surface area contributed by atoms with Crippen molar-refractivity contribution in [3.05, 3.63) is 106 Å². The molecular weight excluding hydrogens is 392 g/mol. The van der Waals surface area contributed by atoms with E-state index in [1.165, 1.54) is 11.8 Å². The number of para-hydroxylation sites is 1. The van der Waals surface area contributed by atoms with Gasteiger partial charge in [-0.1, -0.05) is 84.6 Å². The summed E-state index contributed by atoms with van der Waals surface area (Å²) in [5.41, 5.74) is 2.07. The molecule has 0 unspecified atom stereocenters. The van der Waals surface area contributed by atoms with Gasteiger partial charge < -0.3 is 0 Å². The fourth-order valence-electron chi connectivity index (χ4n) is 3.42. The van der Waals surface area contributed by atoms with Gasteiger partial charge in [0.15, 0.2) is 10.9 Å². The maximum Gasteiger partial charge on any atom is 0.262 e. The van der Waals surface area contributed by atoms with Crippen LogP contribution in [0.1, 0.15) is 41.1 Å². The smallest absolute Gasteiger partial charge is 0.262 e. The molecule has 0 saturated heterocycles. The molecule has 0 aliphatic rings. The van der Waals surface area contributed by atoms with Gasteiger partial charge in [-0.25, -0.2) is 4.98 Å². The van der Waals surface area contributed by atoms with Gasteiger partial charge in [0.1, 0.15) is 5.25 Å². The van der Waals surface area contributed by atoms with Gasteiger partial charge in [0.25, 0.3) is 5.56 Å². The zero-order valence-corrected chi connectivity index (χ0v) is 17.7. The zero-order chi connectivity index (χ0) is 21.1. The molecule has 4 rings (SSSR count). The third-order valence-corrected chi connectivity index (χ3v) is 6.13. The van der Waals surface area contributed by atoms with Crippen LogP contribution < -0.4 is 5.56 Å². The number of benzene rings is 3. The van der Waals surface area contributed by atoms with Crippen LogP contribution in [0.3, 0.4) is 0 Å². The van der Waals surface area contributed by atoms with Crippen LogP contribution in [0.4, 0.5) is 0 Å². The predicted octanol–water partition coefficient (Wildman–Crippen LogP) is 5.69. The maximum atomic E-state index is 13.4. The van der Waals surface area contributed by atoms with Crippen LogP contribution in [0.15, 0.2) is 94.9 Å². The van der Waals surface area contributed by atoms with E-state index in [0.29, 0.717) is 21.6 Å². The highest BCUT2D eigenvalue weighted by atomic mass is 32.2. The number of ketones is 1. The van der Waals surface area contributed by atoms with Crippen molar-refractivity contribution in [2.75, 3.05) is 0 Å². The lowest BCUT2D eigenvalue weighted by molar-refractivity contribution is 0.0989. The molecule has 0 spiro atoms. The first-order valence-electron chi connectivity index (χ1n) is 9.88. The van der Waals surface area contributed by atoms with E-state index in [-0.39, 0.29) is 17.4 Å². The standard InChI is InChI=1S/C25H22N2O2S/c1-17(2)27-24(29)20-15-9-10-16-21(20)26-25(27)30-23(19-13-7-4-8-14-19)22(28)18-11-5-3-6-12-18/h3-17,23H,1-2H3/t23-/m0/s1. The number of fused-ring (bicyclic) bond motifs is 1. The summed E-state index contributed by atoms with van der Waals surface area (Å²) >= 11 is 1.33. The molecule has 0 fully saturated rings. The number of thioether (sulfide) groups is 1. The summed E-state index contributed by atoms with van der Waals surface area (Å²) in [7, 11) is 0. The van der Waals surface area contributed by atoms with Gasteiger partial charge in [-0.15, -0.1) is 0 Å². The zero-order valence-electron chi connectivity index (χ0n) is 16.9. The molecule has 4 nitrogen and oxygen atoms in total. The Labute approximate surface area is 179 Å². The van der Waals surface area contributed by atoms with Crippen molar-refractivity contribution in [1.29, 1.82) is 0 Å². The van der Waals surface area contributed by atoms with E-state index in [1.54, 1.807) is 10.6 Å². The van der Waals surface area contributed by atoms with Crippen molar-refractivity contribution in [3.8, 4) is 0 Å². The van der Waals surface area contributed by atoms with Crippen LogP contribution in [0.5, 0.6) is 0 Å². The van der Waals surface area contributed by atoms with E-state index in [0.717, 1.165) is 5.56 Å². The summed E-state index contributed by atoms with van der Waals surface area (Å²) in [6, 6.07) is 26.2. The van der Waals surface area contributed by atoms with Crippen LogP contribution in [0.25, 0.3) is 10.9 Å². The van der Waals surface area contributed by atoms with E-state index in [1.807, 2.05) is 92.7 Å². The highest BCUT2D eigenvalue weighted by Gasteiger charge is 2.26. The van der Waals surface area contributed by atoms with Crippen molar-refractivity contribution in [2.45, 2.75) is 30.3 Å². The lowest BCUT2D eigenvalue weighted by Gasteiger charge is -2.20. The third-order valence-electron chi connectivity index (χ3n) is 4.91. The topological polar surface area (TPSA) is 52.0 Å². The first-order chi connectivity index (χ1) is 14.6. The number of carbonyl (C=O) groups excluding carboxylic acids is 1. The fraction of sp³-hybridized carbons (Fsp3) is 0.160. The first kappa shape index (κ1) is 20.1. The van der Waals surface area contributed by atoms with Gasteiger partial charge >= 0.3 is 0 Å². The second-order valence-electron chi connectivity index (χ2n) is 7.32. The second-order valence-corrected chi connectivity index (χ2v) is 8.39. The molecule has 0 amide bonds. The molecule has 1 aromatic heterocycles. The molecule has 1 heterocycles. The Morgan fingerprint density at radius 2 is 1.47 bits per heavy atom. The minimum absolute atomic E-state index is 0.00971. The number of hydrogen-bond donors (Lipinski definition) is 0. The monoisotopic (exact) mass is 414 g/mol. The summed E-state index contributed by atoms with van der Waals surface area (Å²) in [5, 5.41) is 0.625. The van der Waals surface area contributed by atoms with E-state index in [4.69, 9.17) is 4.98 Å². The van der Waals surface area contributed by atoms with Crippen LogP contribution >= 0.6 is 11.8 Å². The van der Waals surface area contributed by atoms with Gasteiger partial charge in [-0.2, -0.15) is 0 Å². The Kier molecular flexibility index (Phi) is 5.81. The molecule has 3 aromatic carbocycles. The van der Waals surface area contributed by atoms with Gasteiger partial charge in [-0.05, 0) is 31.5 Å². The third kappa shape index (κ3) is 3.94. The number of nitrogens with zero attached hydrogens (tertiary/aromatic N) is 2. The molecule has 0 radical (unpaired) electrons. The van der Waals surface area contributed by atoms with Crippen LogP contribution in [0.2, 0.25) is 0 Å². The molecular formula is C25H22N2O2S. The van der Waals surface area contributed by atoms with E-state index < -0.39 is 5.25 Å². The summed E-state index contributed by atoms with van der Waals surface area (Å²) in [4.78, 5) is 31.4. The molecule has 1 atom stereocenters. The number of Topliss-reactive ketones (excluding diaryl/α,β-unsaturated/α-hetero) is 1.